The van der Waals surface area contributed by atoms with Gasteiger partial charge in [0.25, 0.3) is 5.78 Å². The molecule has 2 aromatic carbocycles. The number of halogens is 1. The van der Waals surface area contributed by atoms with Gasteiger partial charge in [0.15, 0.2) is 11.6 Å². The van der Waals surface area contributed by atoms with Gasteiger partial charge in [0.2, 0.25) is 0 Å². The van der Waals surface area contributed by atoms with Gasteiger partial charge >= 0.3 is 0 Å². The van der Waals surface area contributed by atoms with Crippen molar-refractivity contribution in [3.63, 3.8) is 0 Å². The Morgan fingerprint density at radius 1 is 1.00 bits per heavy atom. The molecule has 1 atom stereocenters. The highest BCUT2D eigenvalue weighted by atomic mass is 35.5. The third-order valence-corrected chi connectivity index (χ3v) is 5.17. The first kappa shape index (κ1) is 16.1. The van der Waals surface area contributed by atoms with E-state index in [4.69, 9.17) is 11.6 Å². The summed E-state index contributed by atoms with van der Waals surface area (Å²) in [5, 5.41) is 5.17. The van der Waals surface area contributed by atoms with Gasteiger partial charge in [0, 0.05) is 23.2 Å². The lowest BCUT2D eigenvalue weighted by molar-refractivity contribution is 0.0962. The Bertz CT molecular complexity index is 1170. The summed E-state index contributed by atoms with van der Waals surface area (Å²) in [6, 6.07) is 17.4. The molecule has 1 aliphatic carbocycles. The third kappa shape index (κ3) is 2.90. The minimum atomic E-state index is 0.0763. The summed E-state index contributed by atoms with van der Waals surface area (Å²) in [5.74, 6) is 1.26. The van der Waals surface area contributed by atoms with Crippen LogP contribution in [0.1, 0.15) is 34.0 Å². The average molecular weight is 375 g/mol. The Balaban J connectivity index is 1.56. The molecular formula is C21H15ClN4O. The highest BCUT2D eigenvalue weighted by Gasteiger charge is 2.28. The number of benzene rings is 2. The highest BCUT2D eigenvalue weighted by molar-refractivity contribution is 6.30. The molecule has 1 unspecified atom stereocenters. The molecule has 0 fully saturated rings. The highest BCUT2D eigenvalue weighted by Crippen LogP contribution is 2.33. The number of hydrogen-bond acceptors (Lipinski definition) is 4. The van der Waals surface area contributed by atoms with Gasteiger partial charge in [-0.15, -0.1) is 5.10 Å². The van der Waals surface area contributed by atoms with Gasteiger partial charge in [0.1, 0.15) is 0 Å². The van der Waals surface area contributed by atoms with Crippen LogP contribution in [0.5, 0.6) is 0 Å². The number of nitrogens with zero attached hydrogens (tertiary/aromatic N) is 4. The average Bonchev–Trinajstić information content (AvgIpc) is 3.10. The molecule has 27 heavy (non-hydrogen) atoms. The van der Waals surface area contributed by atoms with E-state index in [2.05, 4.69) is 15.1 Å². The van der Waals surface area contributed by atoms with Crippen LogP contribution in [0, 0.1) is 0 Å². The van der Waals surface area contributed by atoms with Crippen LogP contribution < -0.4 is 0 Å². The standard InChI is InChI=1S/C21H15ClN4O/c22-16-8-4-7-14(9-16)15-10-18-17(19(27)11-15)12-26-21(23-18)24-20(25-26)13-5-2-1-3-6-13/h1-9,12,15H,10-11H2. The van der Waals surface area contributed by atoms with Crippen LogP contribution in [0.4, 0.5) is 0 Å². The summed E-state index contributed by atoms with van der Waals surface area (Å²) in [6.45, 7) is 0. The molecule has 0 aliphatic heterocycles. The van der Waals surface area contributed by atoms with E-state index in [9.17, 15) is 4.79 Å². The molecule has 1 aliphatic rings. The van der Waals surface area contributed by atoms with Crippen LogP contribution in [0.2, 0.25) is 5.02 Å². The van der Waals surface area contributed by atoms with E-state index >= 15 is 0 Å². The van der Waals surface area contributed by atoms with Crippen molar-refractivity contribution in [3.8, 4) is 11.4 Å². The van der Waals surface area contributed by atoms with Crippen LogP contribution in [0.25, 0.3) is 17.2 Å². The molecule has 0 amide bonds. The maximum absolute atomic E-state index is 12.7. The summed E-state index contributed by atoms with van der Waals surface area (Å²) in [4.78, 5) is 21.9. The van der Waals surface area contributed by atoms with Crippen molar-refractivity contribution in [1.29, 1.82) is 0 Å². The summed E-state index contributed by atoms with van der Waals surface area (Å²) in [5.41, 5.74) is 3.39. The molecule has 6 heteroatoms. The zero-order chi connectivity index (χ0) is 18.4. The Labute approximate surface area is 160 Å². The molecule has 0 radical (unpaired) electrons. The van der Waals surface area contributed by atoms with E-state index in [1.165, 1.54) is 0 Å². The van der Waals surface area contributed by atoms with Gasteiger partial charge in [-0.25, -0.2) is 9.50 Å². The van der Waals surface area contributed by atoms with E-state index < -0.39 is 0 Å². The second-order valence-electron chi connectivity index (χ2n) is 6.73. The molecule has 0 saturated carbocycles. The largest absolute Gasteiger partial charge is 0.294 e. The topological polar surface area (TPSA) is 60.2 Å². The lowest BCUT2D eigenvalue weighted by Crippen LogP contribution is -2.21. The van der Waals surface area contributed by atoms with Crippen molar-refractivity contribution < 1.29 is 4.79 Å². The number of carbonyl (C=O) groups is 1. The molecule has 0 spiro atoms. The predicted molar refractivity (Wildman–Crippen MR) is 103 cm³/mol. The number of aromatic nitrogens is 4. The Hall–Kier alpha value is -3.05. The molecule has 132 valence electrons. The first-order chi connectivity index (χ1) is 13.2. The van der Waals surface area contributed by atoms with Crippen molar-refractivity contribution in [2.45, 2.75) is 18.8 Å². The van der Waals surface area contributed by atoms with Gasteiger partial charge < -0.3 is 0 Å². The fourth-order valence-corrected chi connectivity index (χ4v) is 3.79. The quantitative estimate of drug-likeness (QED) is 0.523. The van der Waals surface area contributed by atoms with Crippen LogP contribution in [0.15, 0.2) is 60.8 Å². The van der Waals surface area contributed by atoms with Crippen molar-refractivity contribution in [1.82, 2.24) is 19.6 Å². The smallest absolute Gasteiger partial charge is 0.252 e. The van der Waals surface area contributed by atoms with Crippen LogP contribution in [-0.4, -0.2) is 25.4 Å². The lowest BCUT2D eigenvalue weighted by Gasteiger charge is -2.23. The number of carbonyl (C=O) groups excluding carboxylic acids is 1. The van der Waals surface area contributed by atoms with Crippen molar-refractivity contribution in [2.75, 3.05) is 0 Å². The van der Waals surface area contributed by atoms with Crippen LogP contribution >= 0.6 is 11.6 Å². The summed E-state index contributed by atoms with van der Waals surface area (Å²) >= 11 is 6.12. The summed E-state index contributed by atoms with van der Waals surface area (Å²) in [7, 11) is 0. The first-order valence-corrected chi connectivity index (χ1v) is 9.15. The number of hydrogen-bond donors (Lipinski definition) is 0. The van der Waals surface area contributed by atoms with Gasteiger partial charge in [-0.1, -0.05) is 54.1 Å². The van der Waals surface area contributed by atoms with Crippen molar-refractivity contribution in [3.05, 3.63) is 82.6 Å². The van der Waals surface area contributed by atoms with Gasteiger partial charge in [0.05, 0.1) is 11.3 Å². The predicted octanol–water partition coefficient (Wildman–Crippen LogP) is 4.36. The molecule has 4 aromatic rings. The third-order valence-electron chi connectivity index (χ3n) is 4.93. The fourth-order valence-electron chi connectivity index (χ4n) is 3.59. The monoisotopic (exact) mass is 374 g/mol. The molecule has 0 saturated heterocycles. The summed E-state index contributed by atoms with van der Waals surface area (Å²) in [6.07, 6.45) is 2.89. The van der Waals surface area contributed by atoms with Crippen molar-refractivity contribution >= 4 is 23.2 Å². The molecule has 0 bridgehead atoms. The lowest BCUT2D eigenvalue weighted by atomic mass is 9.82. The van der Waals surface area contributed by atoms with E-state index in [-0.39, 0.29) is 11.7 Å². The van der Waals surface area contributed by atoms with Gasteiger partial charge in [-0.3, -0.25) is 4.79 Å². The molecule has 2 aromatic heterocycles. The number of rotatable bonds is 2. The Morgan fingerprint density at radius 2 is 1.85 bits per heavy atom. The zero-order valence-corrected chi connectivity index (χ0v) is 15.1. The van der Waals surface area contributed by atoms with E-state index in [1.807, 2.05) is 54.6 Å². The summed E-state index contributed by atoms with van der Waals surface area (Å²) < 4.78 is 1.60. The number of ketones is 1. The minimum Gasteiger partial charge on any atom is -0.294 e. The Kier molecular flexibility index (Phi) is 3.76. The van der Waals surface area contributed by atoms with Crippen LogP contribution in [0.3, 0.4) is 0 Å². The Morgan fingerprint density at radius 3 is 2.67 bits per heavy atom. The zero-order valence-electron chi connectivity index (χ0n) is 14.3. The molecule has 5 nitrogen and oxygen atoms in total. The molecule has 2 heterocycles. The minimum absolute atomic E-state index is 0.0763. The van der Waals surface area contributed by atoms with Crippen LogP contribution in [-0.2, 0) is 6.42 Å². The molecular weight excluding hydrogens is 360 g/mol. The van der Waals surface area contributed by atoms with Gasteiger partial charge in [-0.2, -0.15) is 4.98 Å². The molecule has 5 rings (SSSR count). The molecule has 0 N–H and O–H groups in total. The van der Waals surface area contributed by atoms with Crippen molar-refractivity contribution in [2.24, 2.45) is 0 Å². The first-order valence-electron chi connectivity index (χ1n) is 8.78. The van der Waals surface area contributed by atoms with E-state index in [1.54, 1.807) is 10.7 Å². The van der Waals surface area contributed by atoms with E-state index in [0.29, 0.717) is 35.0 Å². The number of Topliss-reactive ketones (excluding diaryl/α,β-unsaturated/α-hetero) is 1. The van der Waals surface area contributed by atoms with Gasteiger partial charge in [-0.05, 0) is 30.0 Å². The second kappa shape index (κ2) is 6.28. The second-order valence-corrected chi connectivity index (χ2v) is 7.17. The maximum Gasteiger partial charge on any atom is 0.252 e. The SMILES string of the molecule is O=C1CC(c2cccc(Cl)c2)Cc2nc3nc(-c4ccccc4)nn3cc21. The van der Waals surface area contributed by atoms with E-state index in [0.717, 1.165) is 16.8 Å². The normalized spacial score (nSPS) is 16.5. The maximum atomic E-state index is 12.7. The number of fused-ring (bicyclic) bond motifs is 2. The fraction of sp³-hybridized carbons (Fsp3) is 0.143.